The number of ether oxygens (including phenoxy) is 3. The van der Waals surface area contributed by atoms with Gasteiger partial charge in [-0.05, 0) is 26.0 Å². The number of aromatic amines is 1. The zero-order valence-electron chi connectivity index (χ0n) is 13.9. The number of carbonyl (C=O) groups is 1. The van der Waals surface area contributed by atoms with Gasteiger partial charge >= 0.3 is 5.97 Å². The van der Waals surface area contributed by atoms with Crippen LogP contribution < -0.4 is 4.74 Å². The summed E-state index contributed by atoms with van der Waals surface area (Å²) in [4.78, 5) is 19.6. The number of aryl methyl sites for hydroxylation is 1. The molecule has 0 aliphatic rings. The van der Waals surface area contributed by atoms with Crippen molar-refractivity contribution >= 4 is 5.97 Å². The van der Waals surface area contributed by atoms with Crippen LogP contribution in [-0.4, -0.2) is 42.9 Å². The van der Waals surface area contributed by atoms with E-state index in [1.165, 1.54) is 0 Å². The SMILES string of the molecule is COc1cccc(-c2nc(C(=O)OCC[C@H](C)OC)c(C)[nH]2)c1. The van der Waals surface area contributed by atoms with Gasteiger partial charge in [0.05, 0.1) is 19.8 Å². The number of aromatic nitrogens is 2. The molecular formula is C17H22N2O4. The number of carbonyl (C=O) groups excluding carboxylic acids is 1. The maximum absolute atomic E-state index is 12.1. The third-order valence-electron chi connectivity index (χ3n) is 3.58. The summed E-state index contributed by atoms with van der Waals surface area (Å²) in [7, 11) is 3.24. The molecule has 0 unspecified atom stereocenters. The van der Waals surface area contributed by atoms with Crippen molar-refractivity contribution in [2.75, 3.05) is 20.8 Å². The molecule has 23 heavy (non-hydrogen) atoms. The monoisotopic (exact) mass is 318 g/mol. The minimum Gasteiger partial charge on any atom is -0.497 e. The molecule has 0 bridgehead atoms. The zero-order chi connectivity index (χ0) is 16.8. The van der Waals surface area contributed by atoms with Gasteiger partial charge < -0.3 is 19.2 Å². The highest BCUT2D eigenvalue weighted by Crippen LogP contribution is 2.22. The highest BCUT2D eigenvalue weighted by Gasteiger charge is 2.17. The summed E-state index contributed by atoms with van der Waals surface area (Å²) < 4.78 is 15.6. The van der Waals surface area contributed by atoms with Crippen LogP contribution in [0.5, 0.6) is 5.75 Å². The van der Waals surface area contributed by atoms with Gasteiger partial charge in [0.25, 0.3) is 0 Å². The van der Waals surface area contributed by atoms with Crippen LogP contribution >= 0.6 is 0 Å². The second kappa shape index (κ2) is 7.78. The number of hydrogen-bond acceptors (Lipinski definition) is 5. The number of imidazole rings is 1. The van der Waals surface area contributed by atoms with E-state index in [-0.39, 0.29) is 6.10 Å². The van der Waals surface area contributed by atoms with Gasteiger partial charge in [-0.25, -0.2) is 9.78 Å². The van der Waals surface area contributed by atoms with Crippen molar-refractivity contribution in [1.29, 1.82) is 0 Å². The maximum atomic E-state index is 12.1. The molecule has 2 rings (SSSR count). The van der Waals surface area contributed by atoms with Crippen molar-refractivity contribution < 1.29 is 19.0 Å². The van der Waals surface area contributed by atoms with Crippen LogP contribution in [-0.2, 0) is 9.47 Å². The van der Waals surface area contributed by atoms with Gasteiger partial charge in [0.15, 0.2) is 5.69 Å². The normalized spacial score (nSPS) is 12.0. The van der Waals surface area contributed by atoms with E-state index >= 15 is 0 Å². The van der Waals surface area contributed by atoms with Crippen LogP contribution in [0.2, 0.25) is 0 Å². The molecule has 0 saturated heterocycles. The summed E-state index contributed by atoms with van der Waals surface area (Å²) >= 11 is 0. The number of rotatable bonds is 7. The Hall–Kier alpha value is -2.34. The summed E-state index contributed by atoms with van der Waals surface area (Å²) in [5.41, 5.74) is 1.82. The fourth-order valence-corrected chi connectivity index (χ4v) is 2.07. The summed E-state index contributed by atoms with van der Waals surface area (Å²) in [5.74, 6) is 0.907. The summed E-state index contributed by atoms with van der Waals surface area (Å²) in [6.07, 6.45) is 0.699. The molecule has 1 heterocycles. The Balaban J connectivity index is 2.09. The lowest BCUT2D eigenvalue weighted by atomic mass is 10.2. The molecule has 1 aromatic carbocycles. The minimum atomic E-state index is -0.434. The molecule has 0 amide bonds. The Bertz CT molecular complexity index is 666. The molecule has 0 aliphatic heterocycles. The van der Waals surface area contributed by atoms with Crippen LogP contribution in [0, 0.1) is 6.92 Å². The summed E-state index contributed by atoms with van der Waals surface area (Å²) in [5, 5.41) is 0. The van der Waals surface area contributed by atoms with Gasteiger partial charge in [-0.2, -0.15) is 0 Å². The smallest absolute Gasteiger partial charge is 0.358 e. The molecule has 1 N–H and O–H groups in total. The number of hydrogen-bond donors (Lipinski definition) is 1. The largest absolute Gasteiger partial charge is 0.497 e. The first-order chi connectivity index (χ1) is 11.0. The topological polar surface area (TPSA) is 73.4 Å². The van der Waals surface area contributed by atoms with Crippen molar-refractivity contribution in [3.63, 3.8) is 0 Å². The van der Waals surface area contributed by atoms with Crippen molar-refractivity contribution in [3.8, 4) is 17.1 Å². The standard InChI is InChI=1S/C17H22N2O4/c1-11(21-3)8-9-23-17(20)15-12(2)18-16(19-15)13-6-5-7-14(10-13)22-4/h5-7,10-11H,8-9H2,1-4H3,(H,18,19)/t11-/m0/s1. The molecule has 0 radical (unpaired) electrons. The Labute approximate surface area is 135 Å². The molecule has 1 aromatic heterocycles. The predicted molar refractivity (Wildman–Crippen MR) is 86.7 cm³/mol. The molecule has 6 nitrogen and oxygen atoms in total. The first kappa shape index (κ1) is 17.0. The molecule has 0 saturated carbocycles. The second-order valence-corrected chi connectivity index (χ2v) is 5.26. The van der Waals surface area contributed by atoms with E-state index in [0.717, 1.165) is 11.3 Å². The lowest BCUT2D eigenvalue weighted by molar-refractivity contribution is 0.0385. The van der Waals surface area contributed by atoms with E-state index in [9.17, 15) is 4.79 Å². The maximum Gasteiger partial charge on any atom is 0.358 e. The number of methoxy groups -OCH3 is 2. The number of H-pyrrole nitrogens is 1. The molecule has 6 heteroatoms. The fraction of sp³-hybridized carbons (Fsp3) is 0.412. The van der Waals surface area contributed by atoms with E-state index in [4.69, 9.17) is 14.2 Å². The second-order valence-electron chi connectivity index (χ2n) is 5.26. The Morgan fingerprint density at radius 1 is 1.35 bits per heavy atom. The van der Waals surface area contributed by atoms with Gasteiger partial charge in [0, 0.05) is 24.8 Å². The molecular weight excluding hydrogens is 296 g/mol. The van der Waals surface area contributed by atoms with Crippen LogP contribution in [0.4, 0.5) is 0 Å². The van der Waals surface area contributed by atoms with Gasteiger partial charge in [-0.15, -0.1) is 0 Å². The summed E-state index contributed by atoms with van der Waals surface area (Å²) in [6, 6.07) is 7.48. The van der Waals surface area contributed by atoms with E-state index in [0.29, 0.717) is 30.2 Å². The molecule has 0 fully saturated rings. The highest BCUT2D eigenvalue weighted by molar-refractivity contribution is 5.89. The van der Waals surface area contributed by atoms with Crippen molar-refractivity contribution in [2.24, 2.45) is 0 Å². The van der Waals surface area contributed by atoms with E-state index in [2.05, 4.69) is 9.97 Å². The van der Waals surface area contributed by atoms with Crippen LogP contribution in [0.15, 0.2) is 24.3 Å². The zero-order valence-corrected chi connectivity index (χ0v) is 13.9. The molecule has 0 aliphatic carbocycles. The average molecular weight is 318 g/mol. The Morgan fingerprint density at radius 3 is 2.83 bits per heavy atom. The van der Waals surface area contributed by atoms with Crippen LogP contribution in [0.25, 0.3) is 11.4 Å². The van der Waals surface area contributed by atoms with Crippen LogP contribution in [0.1, 0.15) is 29.5 Å². The fourth-order valence-electron chi connectivity index (χ4n) is 2.07. The number of nitrogens with zero attached hydrogens (tertiary/aromatic N) is 1. The quantitative estimate of drug-likeness (QED) is 0.795. The Kier molecular flexibility index (Phi) is 5.76. The average Bonchev–Trinajstić information content (AvgIpc) is 2.96. The Morgan fingerprint density at radius 2 is 2.13 bits per heavy atom. The molecule has 0 spiro atoms. The predicted octanol–water partition coefficient (Wildman–Crippen LogP) is 2.98. The van der Waals surface area contributed by atoms with Crippen molar-refractivity contribution in [2.45, 2.75) is 26.4 Å². The molecule has 1 atom stereocenters. The van der Waals surface area contributed by atoms with Crippen LogP contribution in [0.3, 0.4) is 0 Å². The summed E-state index contributed by atoms with van der Waals surface area (Å²) in [6.45, 7) is 4.02. The lowest BCUT2D eigenvalue weighted by Gasteiger charge is -2.08. The first-order valence-corrected chi connectivity index (χ1v) is 7.46. The third-order valence-corrected chi connectivity index (χ3v) is 3.58. The van der Waals surface area contributed by atoms with E-state index in [1.807, 2.05) is 31.2 Å². The van der Waals surface area contributed by atoms with Crippen molar-refractivity contribution in [3.05, 3.63) is 35.7 Å². The van der Waals surface area contributed by atoms with Gasteiger partial charge in [0.1, 0.15) is 11.6 Å². The van der Waals surface area contributed by atoms with E-state index in [1.54, 1.807) is 21.1 Å². The van der Waals surface area contributed by atoms with Gasteiger partial charge in [-0.1, -0.05) is 12.1 Å². The van der Waals surface area contributed by atoms with E-state index < -0.39 is 5.97 Å². The van der Waals surface area contributed by atoms with Crippen molar-refractivity contribution in [1.82, 2.24) is 9.97 Å². The van der Waals surface area contributed by atoms with Gasteiger partial charge in [-0.3, -0.25) is 0 Å². The molecule has 124 valence electrons. The first-order valence-electron chi connectivity index (χ1n) is 7.46. The number of esters is 1. The number of benzene rings is 1. The lowest BCUT2D eigenvalue weighted by Crippen LogP contribution is -2.13. The number of nitrogens with one attached hydrogen (secondary N) is 1. The molecule has 2 aromatic rings. The third kappa shape index (κ3) is 4.32. The highest BCUT2D eigenvalue weighted by atomic mass is 16.5. The van der Waals surface area contributed by atoms with Gasteiger partial charge in [0.2, 0.25) is 0 Å². The minimum absolute atomic E-state index is 0.0513.